The average Bonchev–Trinajstić information content (AvgIpc) is 2.52. The van der Waals surface area contributed by atoms with Crippen molar-refractivity contribution in [1.29, 1.82) is 0 Å². The van der Waals surface area contributed by atoms with Gasteiger partial charge in [0.2, 0.25) is 0 Å². The molecule has 0 bridgehead atoms. The van der Waals surface area contributed by atoms with Gasteiger partial charge >= 0.3 is 6.09 Å². The van der Waals surface area contributed by atoms with Gasteiger partial charge in [-0.1, -0.05) is 6.08 Å². The number of rotatable bonds is 5. The number of carbonyl (C=O) groups is 1. The van der Waals surface area contributed by atoms with Crippen molar-refractivity contribution in [2.75, 3.05) is 19.8 Å². The van der Waals surface area contributed by atoms with Crippen LogP contribution in [0.15, 0.2) is 12.7 Å². The second-order valence-corrected chi connectivity index (χ2v) is 4.84. The van der Waals surface area contributed by atoms with Gasteiger partial charge in [0.05, 0.1) is 6.61 Å². The van der Waals surface area contributed by atoms with Gasteiger partial charge in [-0.15, -0.1) is 6.58 Å². The normalized spacial score (nSPS) is 23.1. The third-order valence-corrected chi connectivity index (χ3v) is 3.02. The lowest BCUT2D eigenvalue weighted by molar-refractivity contribution is -0.106. The molecule has 0 spiro atoms. The van der Waals surface area contributed by atoms with Gasteiger partial charge in [-0.05, 0) is 27.7 Å². The molecular weight excluding hydrogens is 232 g/mol. The van der Waals surface area contributed by atoms with Gasteiger partial charge in [0.1, 0.15) is 0 Å². The molecule has 1 aliphatic rings. The first-order valence-electron chi connectivity index (χ1n) is 6.44. The van der Waals surface area contributed by atoms with Crippen molar-refractivity contribution in [3.8, 4) is 0 Å². The van der Waals surface area contributed by atoms with Crippen molar-refractivity contribution in [3.63, 3.8) is 0 Å². The highest BCUT2D eigenvalue weighted by Gasteiger charge is 2.47. The molecule has 5 nitrogen and oxygen atoms in total. The van der Waals surface area contributed by atoms with Crippen molar-refractivity contribution in [1.82, 2.24) is 10.0 Å². The van der Waals surface area contributed by atoms with Crippen LogP contribution in [0.5, 0.6) is 0 Å². The predicted octanol–water partition coefficient (Wildman–Crippen LogP) is 2.39. The van der Waals surface area contributed by atoms with Crippen LogP contribution in [-0.2, 0) is 9.47 Å². The Labute approximate surface area is 109 Å². The third kappa shape index (κ3) is 3.03. The van der Waals surface area contributed by atoms with E-state index in [2.05, 4.69) is 20.4 Å². The molecule has 0 aromatic heterocycles. The second-order valence-electron chi connectivity index (χ2n) is 4.84. The molecule has 1 unspecified atom stereocenters. The predicted molar refractivity (Wildman–Crippen MR) is 69.9 cm³/mol. The monoisotopic (exact) mass is 256 g/mol. The van der Waals surface area contributed by atoms with Crippen LogP contribution in [0.4, 0.5) is 4.79 Å². The lowest BCUT2D eigenvalue weighted by Gasteiger charge is -2.35. The quantitative estimate of drug-likeness (QED) is 0.708. The summed E-state index contributed by atoms with van der Waals surface area (Å²) in [4.78, 5) is 12.1. The first kappa shape index (κ1) is 15.0. The van der Waals surface area contributed by atoms with Gasteiger partial charge in [-0.25, -0.2) is 14.8 Å². The van der Waals surface area contributed by atoms with E-state index in [9.17, 15) is 4.79 Å². The molecule has 0 aliphatic carbocycles. The third-order valence-electron chi connectivity index (χ3n) is 3.02. The maximum absolute atomic E-state index is 12.1. The van der Waals surface area contributed by atoms with Gasteiger partial charge in [-0.2, -0.15) is 0 Å². The molecule has 18 heavy (non-hydrogen) atoms. The van der Waals surface area contributed by atoms with E-state index >= 15 is 0 Å². The SMILES string of the molecule is C=CCN1N(C(=O)OCC)C(OCC)CC1(C)C. The summed E-state index contributed by atoms with van der Waals surface area (Å²) >= 11 is 0. The van der Waals surface area contributed by atoms with Crippen LogP contribution in [0.1, 0.15) is 34.1 Å². The van der Waals surface area contributed by atoms with E-state index in [1.165, 1.54) is 0 Å². The van der Waals surface area contributed by atoms with Crippen LogP contribution in [0.2, 0.25) is 0 Å². The Morgan fingerprint density at radius 2 is 2.11 bits per heavy atom. The maximum Gasteiger partial charge on any atom is 0.426 e. The Hall–Kier alpha value is -1.07. The minimum absolute atomic E-state index is 0.152. The van der Waals surface area contributed by atoms with Gasteiger partial charge in [0.15, 0.2) is 6.23 Å². The minimum atomic E-state index is -0.358. The van der Waals surface area contributed by atoms with Crippen molar-refractivity contribution >= 4 is 6.09 Å². The van der Waals surface area contributed by atoms with Crippen LogP contribution >= 0.6 is 0 Å². The van der Waals surface area contributed by atoms with Crippen LogP contribution in [0, 0.1) is 0 Å². The number of carbonyl (C=O) groups excluding carboxylic acids is 1. The highest BCUT2D eigenvalue weighted by atomic mass is 16.6. The fourth-order valence-corrected chi connectivity index (χ4v) is 2.25. The molecule has 1 saturated heterocycles. The summed E-state index contributed by atoms with van der Waals surface area (Å²) in [6, 6.07) is 0. The minimum Gasteiger partial charge on any atom is -0.449 e. The highest BCUT2D eigenvalue weighted by Crippen LogP contribution is 2.34. The first-order valence-corrected chi connectivity index (χ1v) is 6.44. The Bertz CT molecular complexity index is 305. The summed E-state index contributed by atoms with van der Waals surface area (Å²) in [6.07, 6.45) is 1.92. The molecule has 0 radical (unpaired) electrons. The number of nitrogens with zero attached hydrogens (tertiary/aromatic N) is 2. The summed E-state index contributed by atoms with van der Waals surface area (Å²) in [5, 5.41) is 3.53. The fraction of sp³-hybridized carbons (Fsp3) is 0.769. The number of ether oxygens (including phenoxy) is 2. The fourth-order valence-electron chi connectivity index (χ4n) is 2.25. The number of amides is 1. The Morgan fingerprint density at radius 1 is 1.44 bits per heavy atom. The van der Waals surface area contributed by atoms with Gasteiger partial charge in [0, 0.05) is 25.1 Å². The molecule has 0 aromatic carbocycles. The second kappa shape index (κ2) is 6.20. The van der Waals surface area contributed by atoms with Crippen LogP contribution < -0.4 is 0 Å². The van der Waals surface area contributed by atoms with Crippen molar-refractivity contribution in [2.24, 2.45) is 0 Å². The standard InChI is InChI=1S/C13H24N2O3/c1-6-9-14-13(4,5)10-11(17-7-2)15(14)12(16)18-8-3/h6,11H,1,7-10H2,2-5H3. The molecule has 0 aromatic rings. The summed E-state index contributed by atoms with van der Waals surface area (Å²) < 4.78 is 10.7. The molecule has 1 fully saturated rings. The van der Waals surface area contributed by atoms with Gasteiger partial charge in [-0.3, -0.25) is 0 Å². The lowest BCUT2D eigenvalue weighted by Crippen LogP contribution is -2.51. The summed E-state index contributed by atoms with van der Waals surface area (Å²) in [6.45, 7) is 13.1. The maximum atomic E-state index is 12.1. The lowest BCUT2D eigenvalue weighted by atomic mass is 10.0. The molecule has 1 amide bonds. The Morgan fingerprint density at radius 3 is 2.61 bits per heavy atom. The van der Waals surface area contributed by atoms with E-state index < -0.39 is 0 Å². The highest BCUT2D eigenvalue weighted by molar-refractivity contribution is 5.67. The molecule has 104 valence electrons. The topological polar surface area (TPSA) is 42.0 Å². The molecule has 1 aliphatic heterocycles. The molecule has 5 heteroatoms. The first-order chi connectivity index (χ1) is 8.47. The largest absolute Gasteiger partial charge is 0.449 e. The van der Waals surface area contributed by atoms with E-state index in [0.29, 0.717) is 19.8 Å². The zero-order chi connectivity index (χ0) is 13.8. The zero-order valence-electron chi connectivity index (χ0n) is 11.8. The molecule has 0 saturated carbocycles. The average molecular weight is 256 g/mol. The Kier molecular flexibility index (Phi) is 5.16. The smallest absolute Gasteiger partial charge is 0.426 e. The number of hydrazine groups is 1. The van der Waals surface area contributed by atoms with Crippen molar-refractivity contribution in [3.05, 3.63) is 12.7 Å². The van der Waals surface area contributed by atoms with Crippen molar-refractivity contribution < 1.29 is 14.3 Å². The molecule has 1 rings (SSSR count). The van der Waals surface area contributed by atoms with E-state index in [4.69, 9.17) is 9.47 Å². The number of hydrogen-bond acceptors (Lipinski definition) is 4. The molecule has 0 N–H and O–H groups in total. The van der Waals surface area contributed by atoms with Crippen LogP contribution in [0.25, 0.3) is 0 Å². The molecular formula is C13H24N2O3. The van der Waals surface area contributed by atoms with Crippen LogP contribution in [-0.4, -0.2) is 47.6 Å². The summed E-state index contributed by atoms with van der Waals surface area (Å²) in [5.74, 6) is 0. The van der Waals surface area contributed by atoms with E-state index in [1.54, 1.807) is 18.0 Å². The Balaban J connectivity index is 2.94. The van der Waals surface area contributed by atoms with E-state index in [1.807, 2.05) is 11.9 Å². The zero-order valence-corrected chi connectivity index (χ0v) is 11.8. The van der Waals surface area contributed by atoms with Crippen LogP contribution in [0.3, 0.4) is 0 Å². The van der Waals surface area contributed by atoms with E-state index in [-0.39, 0.29) is 17.9 Å². The van der Waals surface area contributed by atoms with Crippen molar-refractivity contribution in [2.45, 2.75) is 45.9 Å². The van der Waals surface area contributed by atoms with E-state index in [0.717, 1.165) is 6.42 Å². The summed E-state index contributed by atoms with van der Waals surface area (Å²) in [7, 11) is 0. The van der Waals surface area contributed by atoms with Gasteiger partial charge in [0.25, 0.3) is 0 Å². The van der Waals surface area contributed by atoms with Gasteiger partial charge < -0.3 is 9.47 Å². The molecule has 1 heterocycles. The summed E-state index contributed by atoms with van der Waals surface area (Å²) in [5.41, 5.74) is -0.152. The molecule has 1 atom stereocenters. The number of hydrogen-bond donors (Lipinski definition) is 0.